The van der Waals surface area contributed by atoms with Gasteiger partial charge in [0.05, 0.1) is 16.1 Å². The molecule has 0 radical (unpaired) electrons. The normalized spacial score (nSPS) is 21.9. The van der Waals surface area contributed by atoms with Crippen LogP contribution < -0.4 is 0 Å². The molecule has 1 aromatic rings. The Hall–Kier alpha value is -1.21. The van der Waals surface area contributed by atoms with E-state index in [1.54, 1.807) is 6.92 Å². The van der Waals surface area contributed by atoms with Gasteiger partial charge in [0.15, 0.2) is 0 Å². The smallest absolute Gasteiger partial charge is 0.233 e. The molecule has 0 aromatic heterocycles. The third-order valence-electron chi connectivity index (χ3n) is 5.18. The molecule has 0 bridgehead atoms. The zero-order chi connectivity index (χ0) is 19.0. The SMILES string of the molecule is CC(=O)[C@H]1C(=O)N(C([Si](C)(C)C)[Si](C)(C)C)C[C@@H]1Cc1ccccc1. The summed E-state index contributed by atoms with van der Waals surface area (Å²) in [6.45, 7) is 16.5. The number of carbonyl (C=O) groups excluding carboxylic acids is 2. The van der Waals surface area contributed by atoms with E-state index in [2.05, 4.69) is 56.3 Å². The van der Waals surface area contributed by atoms with Gasteiger partial charge in [-0.25, -0.2) is 0 Å². The summed E-state index contributed by atoms with van der Waals surface area (Å²) in [7, 11) is -3.12. The Morgan fingerprint density at radius 2 is 1.60 bits per heavy atom. The Balaban J connectivity index is 2.35. The third-order valence-corrected chi connectivity index (χ3v) is 14.3. The summed E-state index contributed by atoms with van der Waals surface area (Å²) in [5.41, 5.74) is 1.21. The molecule has 2 atom stereocenters. The van der Waals surface area contributed by atoms with Gasteiger partial charge in [-0.15, -0.1) is 0 Å². The lowest BCUT2D eigenvalue weighted by Gasteiger charge is -2.44. The number of hydrogen-bond donors (Lipinski definition) is 0. The van der Waals surface area contributed by atoms with Crippen LogP contribution in [0, 0.1) is 11.8 Å². The maximum absolute atomic E-state index is 13.2. The second-order valence-electron chi connectivity index (χ2n) is 9.66. The van der Waals surface area contributed by atoms with Crippen LogP contribution in [0.1, 0.15) is 12.5 Å². The van der Waals surface area contributed by atoms with Crippen molar-refractivity contribution in [1.29, 1.82) is 0 Å². The monoisotopic (exact) mass is 375 g/mol. The van der Waals surface area contributed by atoms with Gasteiger partial charge in [-0.1, -0.05) is 69.6 Å². The van der Waals surface area contributed by atoms with Crippen LogP contribution in [0.15, 0.2) is 30.3 Å². The third kappa shape index (κ3) is 4.50. The lowest BCUT2D eigenvalue weighted by Crippen LogP contribution is -2.64. The van der Waals surface area contributed by atoms with E-state index in [1.807, 2.05) is 18.2 Å². The van der Waals surface area contributed by atoms with Crippen molar-refractivity contribution >= 4 is 27.8 Å². The molecular weight excluding hydrogens is 342 g/mol. The van der Waals surface area contributed by atoms with Crippen LogP contribution in [0.5, 0.6) is 0 Å². The molecular formula is C20H33NO2Si2. The minimum atomic E-state index is -1.56. The van der Waals surface area contributed by atoms with Crippen molar-refractivity contribution < 1.29 is 9.59 Å². The summed E-state index contributed by atoms with van der Waals surface area (Å²) in [6.07, 6.45) is 0.803. The first kappa shape index (κ1) is 20.1. The van der Waals surface area contributed by atoms with Crippen molar-refractivity contribution in [3.05, 3.63) is 35.9 Å². The van der Waals surface area contributed by atoms with E-state index in [1.165, 1.54) is 5.56 Å². The minimum Gasteiger partial charge on any atom is -0.345 e. The van der Waals surface area contributed by atoms with Crippen LogP contribution in [-0.2, 0) is 16.0 Å². The molecule has 0 unspecified atom stereocenters. The summed E-state index contributed by atoms with van der Waals surface area (Å²) in [4.78, 5) is 27.7. The summed E-state index contributed by atoms with van der Waals surface area (Å²) in [5.74, 6) is -0.250. The van der Waals surface area contributed by atoms with Crippen molar-refractivity contribution in [2.75, 3.05) is 6.54 Å². The Kier molecular flexibility index (Phi) is 5.79. The maximum atomic E-state index is 13.2. The molecule has 138 valence electrons. The summed E-state index contributed by atoms with van der Waals surface area (Å²) < 4.78 is 0. The van der Waals surface area contributed by atoms with Crippen LogP contribution in [-0.4, -0.2) is 44.6 Å². The fourth-order valence-corrected chi connectivity index (χ4v) is 17.6. The fraction of sp³-hybridized carbons (Fsp3) is 0.600. The van der Waals surface area contributed by atoms with E-state index in [9.17, 15) is 9.59 Å². The van der Waals surface area contributed by atoms with Gasteiger partial charge in [-0.2, -0.15) is 0 Å². The largest absolute Gasteiger partial charge is 0.345 e. The Labute approximate surface area is 154 Å². The Morgan fingerprint density at radius 1 is 1.08 bits per heavy atom. The second kappa shape index (κ2) is 7.19. The molecule has 0 spiro atoms. The molecule has 25 heavy (non-hydrogen) atoms. The number of benzene rings is 1. The highest BCUT2D eigenvalue weighted by Crippen LogP contribution is 2.35. The highest BCUT2D eigenvalue weighted by atomic mass is 28.4. The van der Waals surface area contributed by atoms with Crippen LogP contribution in [0.25, 0.3) is 0 Å². The number of ketones is 1. The van der Waals surface area contributed by atoms with E-state index in [-0.39, 0.29) is 17.6 Å². The second-order valence-corrected chi connectivity index (χ2v) is 20.8. The fourth-order valence-electron chi connectivity index (χ4n) is 4.90. The first-order chi connectivity index (χ1) is 11.4. The molecule has 1 heterocycles. The first-order valence-corrected chi connectivity index (χ1v) is 16.4. The van der Waals surface area contributed by atoms with E-state index < -0.39 is 22.1 Å². The van der Waals surface area contributed by atoms with Crippen molar-refractivity contribution in [1.82, 2.24) is 4.90 Å². The van der Waals surface area contributed by atoms with E-state index in [4.69, 9.17) is 0 Å². The lowest BCUT2D eigenvalue weighted by molar-refractivity contribution is -0.136. The zero-order valence-electron chi connectivity index (χ0n) is 16.8. The molecule has 1 aromatic carbocycles. The summed E-state index contributed by atoms with van der Waals surface area (Å²) in [5, 5.41) is 0.370. The van der Waals surface area contributed by atoms with E-state index in [0.29, 0.717) is 5.29 Å². The molecule has 5 heteroatoms. The highest BCUT2D eigenvalue weighted by Gasteiger charge is 2.51. The van der Waals surface area contributed by atoms with Crippen LogP contribution in [0.2, 0.25) is 39.3 Å². The summed E-state index contributed by atoms with van der Waals surface area (Å²) >= 11 is 0. The molecule has 0 aliphatic carbocycles. The van der Waals surface area contributed by atoms with Gasteiger partial charge in [0.1, 0.15) is 11.7 Å². The van der Waals surface area contributed by atoms with Gasteiger partial charge in [0, 0.05) is 11.8 Å². The van der Waals surface area contributed by atoms with Crippen LogP contribution in [0.4, 0.5) is 0 Å². The molecule has 1 saturated heterocycles. The number of carbonyl (C=O) groups is 2. The van der Waals surface area contributed by atoms with Gasteiger partial charge < -0.3 is 4.90 Å². The molecule has 0 N–H and O–H groups in total. The molecule has 1 fully saturated rings. The number of amides is 1. The van der Waals surface area contributed by atoms with Gasteiger partial charge in [0.2, 0.25) is 5.91 Å². The minimum absolute atomic E-state index is 0.0262. The predicted molar refractivity (Wildman–Crippen MR) is 110 cm³/mol. The molecule has 1 aliphatic rings. The Morgan fingerprint density at radius 3 is 2.04 bits per heavy atom. The van der Waals surface area contributed by atoms with Crippen molar-refractivity contribution in [2.24, 2.45) is 11.8 Å². The van der Waals surface area contributed by atoms with Gasteiger partial charge in [-0.3, -0.25) is 9.59 Å². The maximum Gasteiger partial charge on any atom is 0.233 e. The average Bonchev–Trinajstić information content (AvgIpc) is 2.73. The van der Waals surface area contributed by atoms with E-state index >= 15 is 0 Å². The zero-order valence-corrected chi connectivity index (χ0v) is 18.8. The Bertz CT molecular complexity index is 617. The first-order valence-electron chi connectivity index (χ1n) is 9.28. The quantitative estimate of drug-likeness (QED) is 0.556. The van der Waals surface area contributed by atoms with Gasteiger partial charge >= 0.3 is 0 Å². The number of rotatable bonds is 6. The standard InChI is InChI=1S/C20H33NO2Si2/c1-15(22)18-17(13-16-11-9-8-10-12-16)14-21(19(18)23)20(24(2,3)4)25(5,6)7/h8-12,17-18,20H,13-14H2,1-7H3/t17-,18+/m0/s1. The molecule has 2 rings (SSSR count). The van der Waals surface area contributed by atoms with Crippen molar-refractivity contribution in [3.63, 3.8) is 0 Å². The number of nitrogens with zero attached hydrogens (tertiary/aromatic N) is 1. The molecule has 1 amide bonds. The van der Waals surface area contributed by atoms with Gasteiger partial charge in [-0.05, 0) is 24.8 Å². The number of likely N-dealkylation sites (tertiary alicyclic amines) is 1. The molecule has 3 nitrogen and oxygen atoms in total. The van der Waals surface area contributed by atoms with Gasteiger partial charge in [0.25, 0.3) is 0 Å². The lowest BCUT2D eigenvalue weighted by atomic mass is 9.87. The summed E-state index contributed by atoms with van der Waals surface area (Å²) in [6, 6.07) is 10.3. The number of Topliss-reactive ketones (excluding diaryl/α,β-unsaturated/α-hetero) is 1. The average molecular weight is 376 g/mol. The highest BCUT2D eigenvalue weighted by molar-refractivity contribution is 6.96. The predicted octanol–water partition coefficient (Wildman–Crippen LogP) is 4.02. The molecule has 0 saturated carbocycles. The topological polar surface area (TPSA) is 37.4 Å². The molecule has 1 aliphatic heterocycles. The number of hydrogen-bond acceptors (Lipinski definition) is 2. The van der Waals surface area contributed by atoms with Crippen molar-refractivity contribution in [3.8, 4) is 0 Å². The van der Waals surface area contributed by atoms with Crippen molar-refractivity contribution in [2.45, 2.75) is 57.9 Å². The van der Waals surface area contributed by atoms with Crippen LogP contribution >= 0.6 is 0 Å². The van der Waals surface area contributed by atoms with Crippen LogP contribution in [0.3, 0.4) is 0 Å². The van der Waals surface area contributed by atoms with E-state index in [0.717, 1.165) is 13.0 Å².